The molecule has 1 atom stereocenters. The Morgan fingerprint density at radius 1 is 1.48 bits per heavy atom. The molecule has 0 fully saturated rings. The molecule has 1 aromatic carbocycles. The molecule has 120 valence electrons. The average molecular weight is 333 g/mol. The van der Waals surface area contributed by atoms with Crippen molar-refractivity contribution < 1.29 is 18.8 Å². The van der Waals surface area contributed by atoms with Gasteiger partial charge in [-0.3, -0.25) is 9.59 Å². The maximum absolute atomic E-state index is 12.6. The van der Waals surface area contributed by atoms with Crippen molar-refractivity contribution in [3.05, 3.63) is 41.7 Å². The molecule has 1 N–H and O–H groups in total. The van der Waals surface area contributed by atoms with Gasteiger partial charge in [0.1, 0.15) is 6.61 Å². The quantitative estimate of drug-likeness (QED) is 0.676. The fourth-order valence-electron chi connectivity index (χ4n) is 2.33. The van der Waals surface area contributed by atoms with Gasteiger partial charge in [-0.25, -0.2) is 4.31 Å². The first-order valence-corrected chi connectivity index (χ1v) is 7.67. The number of ether oxygens (including phenoxy) is 1. The van der Waals surface area contributed by atoms with Gasteiger partial charge in [-0.2, -0.15) is 0 Å². The van der Waals surface area contributed by atoms with Crippen LogP contribution in [0.4, 0.5) is 5.82 Å². The van der Waals surface area contributed by atoms with Crippen LogP contribution in [0.15, 0.2) is 39.8 Å². The summed E-state index contributed by atoms with van der Waals surface area (Å²) >= 11 is 1.36. The number of benzene rings is 1. The van der Waals surface area contributed by atoms with E-state index in [1.165, 1.54) is 19.1 Å². The van der Waals surface area contributed by atoms with E-state index >= 15 is 0 Å². The molecular formula is C15H15N3O4S. The molecule has 0 saturated carbocycles. The second kappa shape index (κ2) is 6.53. The van der Waals surface area contributed by atoms with E-state index in [2.05, 4.69) is 10.5 Å². The van der Waals surface area contributed by atoms with Crippen molar-refractivity contribution in [1.82, 2.24) is 9.46 Å². The number of rotatable bonds is 4. The molecule has 1 amide bonds. The Bertz CT molecular complexity index is 746. The van der Waals surface area contributed by atoms with Crippen LogP contribution in [0.25, 0.3) is 0 Å². The lowest BCUT2D eigenvalue weighted by atomic mass is 10.0. The smallest absolute Gasteiger partial charge is 0.251 e. The largest absolute Gasteiger partial charge is 0.377 e. The van der Waals surface area contributed by atoms with Gasteiger partial charge in [0.25, 0.3) is 5.91 Å². The number of fused-ring (bicyclic) bond motifs is 1. The number of anilines is 1. The summed E-state index contributed by atoms with van der Waals surface area (Å²) < 4.78 is 11.6. The predicted octanol–water partition coefficient (Wildman–Crippen LogP) is 1.96. The minimum atomic E-state index is -0.919. The second-order valence-electron chi connectivity index (χ2n) is 5.00. The molecule has 1 aliphatic rings. The number of aromatic nitrogens is 1. The molecule has 2 aromatic rings. The number of nitrogens with one attached hydrogen (secondary N) is 1. The number of amides is 1. The first-order chi connectivity index (χ1) is 11.1. The number of likely N-dealkylation sites (N-methyl/N-ethyl adjacent to an activating group) is 1. The lowest BCUT2D eigenvalue weighted by molar-refractivity contribution is -0.118. The van der Waals surface area contributed by atoms with Crippen LogP contribution in [0.1, 0.15) is 16.1 Å². The highest BCUT2D eigenvalue weighted by Crippen LogP contribution is 2.34. The second-order valence-corrected chi connectivity index (χ2v) is 6.20. The van der Waals surface area contributed by atoms with Crippen LogP contribution >= 0.6 is 11.9 Å². The van der Waals surface area contributed by atoms with E-state index < -0.39 is 11.9 Å². The van der Waals surface area contributed by atoms with Crippen LogP contribution in [0.3, 0.4) is 0 Å². The molecule has 0 saturated heterocycles. The summed E-state index contributed by atoms with van der Waals surface area (Å²) in [5.74, 6) is 0.0645. The zero-order valence-corrected chi connectivity index (χ0v) is 13.4. The first kappa shape index (κ1) is 15.7. The molecule has 7 nitrogen and oxygen atoms in total. The van der Waals surface area contributed by atoms with Gasteiger partial charge in [-0.05, 0) is 25.1 Å². The van der Waals surface area contributed by atoms with E-state index in [1.54, 1.807) is 29.6 Å². The Balaban J connectivity index is 1.77. The lowest BCUT2D eigenvalue weighted by Gasteiger charge is -2.30. The highest BCUT2D eigenvalue weighted by atomic mass is 32.2. The number of methoxy groups -OCH3 is 1. The molecule has 1 aliphatic heterocycles. The van der Waals surface area contributed by atoms with Crippen LogP contribution in [0.5, 0.6) is 0 Å². The van der Waals surface area contributed by atoms with Gasteiger partial charge in [0, 0.05) is 23.6 Å². The van der Waals surface area contributed by atoms with Gasteiger partial charge < -0.3 is 14.6 Å². The van der Waals surface area contributed by atoms with E-state index in [9.17, 15) is 9.59 Å². The summed E-state index contributed by atoms with van der Waals surface area (Å²) in [5.41, 5.74) is 0.552. The molecule has 0 spiro atoms. The number of hydrogen-bond donors (Lipinski definition) is 1. The summed E-state index contributed by atoms with van der Waals surface area (Å²) in [4.78, 5) is 25.9. The monoisotopic (exact) mass is 333 g/mol. The number of Topliss-reactive ketones (excluding diaryl/α,β-unsaturated/α-hetero) is 1. The SMILES string of the molecule is COCc1cc(NC(=O)C2C(=O)c3ccccc3SN2C)no1. The maximum Gasteiger partial charge on any atom is 0.251 e. The van der Waals surface area contributed by atoms with E-state index in [4.69, 9.17) is 9.26 Å². The maximum atomic E-state index is 12.6. The summed E-state index contributed by atoms with van der Waals surface area (Å²) in [6.07, 6.45) is 0. The predicted molar refractivity (Wildman–Crippen MR) is 84.0 cm³/mol. The Labute approximate surface area is 137 Å². The minimum absolute atomic E-state index is 0.236. The molecule has 0 aliphatic carbocycles. The molecule has 23 heavy (non-hydrogen) atoms. The minimum Gasteiger partial charge on any atom is -0.377 e. The molecule has 1 unspecified atom stereocenters. The number of carbonyl (C=O) groups excluding carboxylic acids is 2. The molecule has 1 aromatic heterocycles. The Morgan fingerprint density at radius 3 is 3.04 bits per heavy atom. The number of ketones is 1. The van der Waals surface area contributed by atoms with Crippen molar-refractivity contribution in [1.29, 1.82) is 0 Å². The zero-order valence-electron chi connectivity index (χ0n) is 12.6. The van der Waals surface area contributed by atoms with E-state index in [1.807, 2.05) is 12.1 Å². The number of nitrogens with zero attached hydrogens (tertiary/aromatic N) is 2. The normalized spacial score (nSPS) is 17.8. The van der Waals surface area contributed by atoms with Gasteiger partial charge in [0.15, 0.2) is 23.4 Å². The van der Waals surface area contributed by atoms with E-state index in [-0.39, 0.29) is 18.2 Å². The molecule has 8 heteroatoms. The summed E-state index contributed by atoms with van der Waals surface area (Å²) in [6, 6.07) is 7.88. The van der Waals surface area contributed by atoms with Gasteiger partial charge in [0.2, 0.25) is 0 Å². The molecular weight excluding hydrogens is 318 g/mol. The summed E-state index contributed by atoms with van der Waals surface area (Å²) in [6.45, 7) is 0.258. The van der Waals surface area contributed by atoms with Crippen LogP contribution in [-0.2, 0) is 16.1 Å². The third-order valence-electron chi connectivity index (χ3n) is 3.35. The summed E-state index contributed by atoms with van der Waals surface area (Å²) in [7, 11) is 3.24. The Hall–Kier alpha value is -2.16. The fraction of sp³-hybridized carbons (Fsp3) is 0.267. The molecule has 3 rings (SSSR count). The average Bonchev–Trinajstić information content (AvgIpc) is 2.95. The van der Waals surface area contributed by atoms with Crippen LogP contribution in [0.2, 0.25) is 0 Å². The van der Waals surface area contributed by atoms with Crippen molar-refractivity contribution in [2.75, 3.05) is 19.5 Å². The van der Waals surface area contributed by atoms with E-state index in [0.29, 0.717) is 11.3 Å². The first-order valence-electron chi connectivity index (χ1n) is 6.89. The van der Waals surface area contributed by atoms with Gasteiger partial charge in [-0.1, -0.05) is 23.4 Å². The van der Waals surface area contributed by atoms with Crippen molar-refractivity contribution in [3.63, 3.8) is 0 Å². The van der Waals surface area contributed by atoms with Crippen molar-refractivity contribution in [2.24, 2.45) is 0 Å². The Morgan fingerprint density at radius 2 is 2.26 bits per heavy atom. The van der Waals surface area contributed by atoms with Crippen molar-refractivity contribution in [3.8, 4) is 0 Å². The van der Waals surface area contributed by atoms with Gasteiger partial charge >= 0.3 is 0 Å². The van der Waals surface area contributed by atoms with E-state index in [0.717, 1.165) is 4.90 Å². The fourth-order valence-corrected chi connectivity index (χ4v) is 3.34. The topological polar surface area (TPSA) is 84.7 Å². The van der Waals surface area contributed by atoms with Crippen molar-refractivity contribution >= 4 is 29.5 Å². The van der Waals surface area contributed by atoms with Crippen LogP contribution < -0.4 is 5.32 Å². The van der Waals surface area contributed by atoms with Gasteiger partial charge in [-0.15, -0.1) is 0 Å². The molecule has 0 radical (unpaired) electrons. The lowest BCUT2D eigenvalue weighted by Crippen LogP contribution is -2.46. The highest BCUT2D eigenvalue weighted by Gasteiger charge is 2.37. The van der Waals surface area contributed by atoms with Crippen molar-refractivity contribution in [2.45, 2.75) is 17.5 Å². The number of carbonyl (C=O) groups is 2. The molecule has 0 bridgehead atoms. The summed E-state index contributed by atoms with van der Waals surface area (Å²) in [5, 5.41) is 6.35. The zero-order chi connectivity index (χ0) is 16.4. The third-order valence-corrected chi connectivity index (χ3v) is 4.40. The number of hydrogen-bond acceptors (Lipinski definition) is 7. The van der Waals surface area contributed by atoms with Gasteiger partial charge in [0.05, 0.1) is 0 Å². The standard InChI is InChI=1S/C15H15N3O4S/c1-18-13(14(19)10-5-3-4-6-11(10)23-18)15(20)16-12-7-9(8-21-2)22-17-12/h3-7,13H,8H2,1-2H3,(H,16,17,20). The highest BCUT2D eigenvalue weighted by molar-refractivity contribution is 7.97. The van der Waals surface area contributed by atoms with Crippen LogP contribution in [0, 0.1) is 0 Å². The molecule has 2 heterocycles. The third kappa shape index (κ3) is 3.14. The Kier molecular flexibility index (Phi) is 4.46. The van der Waals surface area contributed by atoms with Crippen LogP contribution in [-0.4, -0.2) is 41.4 Å².